The molecule has 0 saturated heterocycles. The minimum Gasteiger partial charge on any atom is -0.496 e. The van der Waals surface area contributed by atoms with E-state index in [4.69, 9.17) is 9.47 Å². The monoisotopic (exact) mass is 230 g/mol. The summed E-state index contributed by atoms with van der Waals surface area (Å²) in [5.74, 6) is -0.152. The van der Waals surface area contributed by atoms with Crippen LogP contribution in [0, 0.1) is 0 Å². The molecule has 0 aromatic heterocycles. The van der Waals surface area contributed by atoms with Gasteiger partial charge in [0.15, 0.2) is 5.78 Å². The Labute approximate surface area is 92.0 Å². The minimum absolute atomic E-state index is 0.0130. The molecule has 1 aromatic carbocycles. The molecule has 0 unspecified atom stereocenters. The van der Waals surface area contributed by atoms with E-state index in [1.54, 1.807) is 0 Å². The maximum atomic E-state index is 12.6. The van der Waals surface area contributed by atoms with Crippen molar-refractivity contribution in [2.45, 2.75) is 13.3 Å². The van der Waals surface area contributed by atoms with Gasteiger partial charge in [-0.05, 0) is 19.1 Å². The molecule has 1 aromatic rings. The van der Waals surface area contributed by atoms with E-state index < -0.39 is 6.43 Å². The van der Waals surface area contributed by atoms with Gasteiger partial charge < -0.3 is 9.47 Å². The summed E-state index contributed by atoms with van der Waals surface area (Å²) in [6.45, 7) is 1.33. The van der Waals surface area contributed by atoms with Crippen molar-refractivity contribution in [3.8, 4) is 11.5 Å². The maximum Gasteiger partial charge on any atom is 0.267 e. The third kappa shape index (κ3) is 2.29. The van der Waals surface area contributed by atoms with E-state index in [0.717, 1.165) is 6.07 Å². The second-order valence-corrected chi connectivity index (χ2v) is 3.15. The van der Waals surface area contributed by atoms with Gasteiger partial charge in [-0.25, -0.2) is 8.78 Å². The summed E-state index contributed by atoms with van der Waals surface area (Å²) in [5, 5.41) is 0. The molecule has 0 aliphatic rings. The molecule has 0 amide bonds. The van der Waals surface area contributed by atoms with Gasteiger partial charge in [-0.1, -0.05) is 0 Å². The fraction of sp³-hybridized carbons (Fsp3) is 0.364. The second kappa shape index (κ2) is 4.92. The topological polar surface area (TPSA) is 35.5 Å². The van der Waals surface area contributed by atoms with Crippen molar-refractivity contribution in [3.05, 3.63) is 23.3 Å². The summed E-state index contributed by atoms with van der Waals surface area (Å²) in [5.41, 5.74) is -0.0619. The summed E-state index contributed by atoms with van der Waals surface area (Å²) in [6, 6.07) is 2.39. The van der Waals surface area contributed by atoms with Gasteiger partial charge in [0, 0.05) is 0 Å². The number of hydrogen-bond donors (Lipinski definition) is 0. The van der Waals surface area contributed by atoms with Crippen LogP contribution in [0.25, 0.3) is 0 Å². The fourth-order valence-electron chi connectivity index (χ4n) is 1.37. The molecule has 5 heteroatoms. The molecule has 3 nitrogen and oxygen atoms in total. The third-order valence-corrected chi connectivity index (χ3v) is 2.17. The highest BCUT2D eigenvalue weighted by atomic mass is 19.3. The van der Waals surface area contributed by atoms with Crippen molar-refractivity contribution in [2.24, 2.45) is 0 Å². The van der Waals surface area contributed by atoms with Crippen LogP contribution in [0.4, 0.5) is 8.78 Å². The number of rotatable bonds is 4. The van der Waals surface area contributed by atoms with Gasteiger partial charge in [0.25, 0.3) is 6.43 Å². The minimum atomic E-state index is -2.68. The van der Waals surface area contributed by atoms with Gasteiger partial charge >= 0.3 is 0 Å². The van der Waals surface area contributed by atoms with Crippen molar-refractivity contribution in [1.82, 2.24) is 0 Å². The van der Waals surface area contributed by atoms with Gasteiger partial charge in [0.2, 0.25) is 0 Å². The molecule has 0 aliphatic heterocycles. The van der Waals surface area contributed by atoms with E-state index >= 15 is 0 Å². The zero-order chi connectivity index (χ0) is 12.3. The van der Waals surface area contributed by atoms with Crippen molar-refractivity contribution < 1.29 is 23.0 Å². The Balaban J connectivity index is 3.40. The number of Topliss-reactive ketones (excluding diaryl/α,β-unsaturated/α-hetero) is 1. The van der Waals surface area contributed by atoms with Crippen LogP contribution in [0.5, 0.6) is 11.5 Å². The third-order valence-electron chi connectivity index (χ3n) is 2.17. The molecule has 16 heavy (non-hydrogen) atoms. The summed E-state index contributed by atoms with van der Waals surface area (Å²) in [7, 11) is 2.60. The molecule has 0 radical (unpaired) electrons. The average molecular weight is 230 g/mol. The van der Waals surface area contributed by atoms with Crippen LogP contribution >= 0.6 is 0 Å². The van der Waals surface area contributed by atoms with E-state index in [1.165, 1.54) is 27.2 Å². The number of benzene rings is 1. The van der Waals surface area contributed by atoms with Crippen molar-refractivity contribution in [1.29, 1.82) is 0 Å². The molecule has 1 rings (SSSR count). The van der Waals surface area contributed by atoms with Crippen LogP contribution in [0.1, 0.15) is 29.3 Å². The molecule has 0 aliphatic carbocycles. The number of carbonyl (C=O) groups is 1. The lowest BCUT2D eigenvalue weighted by Gasteiger charge is -2.12. The number of alkyl halides is 2. The number of carbonyl (C=O) groups excluding carboxylic acids is 1. The molecule has 88 valence electrons. The first-order valence-corrected chi connectivity index (χ1v) is 4.56. The summed E-state index contributed by atoms with van der Waals surface area (Å²) in [6.07, 6.45) is -2.68. The zero-order valence-electron chi connectivity index (χ0n) is 9.21. The molecular formula is C11H12F2O3. The first-order chi connectivity index (χ1) is 7.51. The molecule has 0 saturated carbocycles. The first-order valence-electron chi connectivity index (χ1n) is 4.56. The Morgan fingerprint density at radius 1 is 1.19 bits per heavy atom. The number of methoxy groups -OCH3 is 2. The van der Waals surface area contributed by atoms with Crippen LogP contribution in [0.3, 0.4) is 0 Å². The lowest BCUT2D eigenvalue weighted by molar-refractivity contribution is 0.101. The predicted octanol–water partition coefficient (Wildman–Crippen LogP) is 2.84. The highest BCUT2D eigenvalue weighted by Crippen LogP contribution is 2.35. The normalized spacial score (nSPS) is 10.4. The molecule has 0 spiro atoms. The van der Waals surface area contributed by atoms with Gasteiger partial charge in [-0.2, -0.15) is 0 Å². The largest absolute Gasteiger partial charge is 0.496 e. The average Bonchev–Trinajstić information content (AvgIpc) is 2.26. The van der Waals surface area contributed by atoms with Crippen LogP contribution < -0.4 is 9.47 Å². The lowest BCUT2D eigenvalue weighted by Crippen LogP contribution is -2.02. The predicted molar refractivity (Wildman–Crippen MR) is 54.5 cm³/mol. The molecular weight excluding hydrogens is 218 g/mol. The van der Waals surface area contributed by atoms with Gasteiger partial charge in [0.05, 0.1) is 25.3 Å². The fourth-order valence-corrected chi connectivity index (χ4v) is 1.37. The highest BCUT2D eigenvalue weighted by molar-refractivity contribution is 5.97. The molecule has 0 heterocycles. The molecule has 0 atom stereocenters. The lowest BCUT2D eigenvalue weighted by atomic mass is 10.1. The van der Waals surface area contributed by atoms with Crippen molar-refractivity contribution >= 4 is 5.78 Å². The Hall–Kier alpha value is -1.65. The molecule has 0 bridgehead atoms. The second-order valence-electron chi connectivity index (χ2n) is 3.15. The highest BCUT2D eigenvalue weighted by Gasteiger charge is 2.19. The Morgan fingerprint density at radius 2 is 1.75 bits per heavy atom. The van der Waals surface area contributed by atoms with E-state index in [-0.39, 0.29) is 28.4 Å². The Bertz CT molecular complexity index is 402. The van der Waals surface area contributed by atoms with Gasteiger partial charge in [-0.3, -0.25) is 4.79 Å². The quantitative estimate of drug-likeness (QED) is 0.746. The van der Waals surface area contributed by atoms with Crippen LogP contribution in [0.2, 0.25) is 0 Å². The number of halogens is 2. The van der Waals surface area contributed by atoms with Crippen LogP contribution in [-0.2, 0) is 0 Å². The molecule has 0 N–H and O–H groups in total. The standard InChI is InChI=1S/C11H12F2O3/c1-6(14)7-4-10(16-3)8(11(12)13)5-9(7)15-2/h4-5,11H,1-3H3. The summed E-state index contributed by atoms with van der Waals surface area (Å²) in [4.78, 5) is 11.3. The van der Waals surface area contributed by atoms with Crippen LogP contribution in [-0.4, -0.2) is 20.0 Å². The van der Waals surface area contributed by atoms with Gasteiger partial charge in [0.1, 0.15) is 11.5 Å². The van der Waals surface area contributed by atoms with E-state index in [1.807, 2.05) is 0 Å². The molecule has 0 fully saturated rings. The SMILES string of the molecule is COc1cc(C(F)F)c(OC)cc1C(C)=O. The summed E-state index contributed by atoms with van der Waals surface area (Å²) >= 11 is 0. The maximum absolute atomic E-state index is 12.6. The zero-order valence-corrected chi connectivity index (χ0v) is 9.21. The van der Waals surface area contributed by atoms with E-state index in [0.29, 0.717) is 0 Å². The first kappa shape index (κ1) is 12.4. The van der Waals surface area contributed by atoms with Crippen molar-refractivity contribution in [2.75, 3.05) is 14.2 Å². The number of ketones is 1. The van der Waals surface area contributed by atoms with Gasteiger partial charge in [-0.15, -0.1) is 0 Å². The Kier molecular flexibility index (Phi) is 3.82. The van der Waals surface area contributed by atoms with Crippen molar-refractivity contribution in [3.63, 3.8) is 0 Å². The van der Waals surface area contributed by atoms with E-state index in [2.05, 4.69) is 0 Å². The Morgan fingerprint density at radius 3 is 2.12 bits per heavy atom. The smallest absolute Gasteiger partial charge is 0.267 e. The van der Waals surface area contributed by atoms with Crippen LogP contribution in [0.15, 0.2) is 12.1 Å². The summed E-state index contributed by atoms with van der Waals surface area (Å²) < 4.78 is 35.0. The number of ether oxygens (including phenoxy) is 2. The van der Waals surface area contributed by atoms with E-state index in [9.17, 15) is 13.6 Å². The number of hydrogen-bond acceptors (Lipinski definition) is 3.